The molecule has 0 spiro atoms. The van der Waals surface area contributed by atoms with E-state index in [1.54, 1.807) is 91.0 Å². The number of unbranched alkanes of at least 4 members (excludes halogenated alkanes) is 45. The number of fused-ring (bicyclic) bond motifs is 12. The molecule has 0 saturated carbocycles. The normalized spacial score (nSPS) is 12.6. The van der Waals surface area contributed by atoms with Crippen LogP contribution in [0.1, 0.15) is 488 Å². The van der Waals surface area contributed by atoms with Crippen LogP contribution in [-0.2, 0) is 0 Å². The number of amides is 6. The molecule has 12 bridgehead atoms. The molecule has 6 N–H and O–H groups in total. The van der Waals surface area contributed by atoms with E-state index in [0.717, 1.165) is 347 Å². The van der Waals surface area contributed by atoms with Gasteiger partial charge in [0.15, 0.2) is 0 Å². The molecular formula is C117H177N9O15. The van der Waals surface area contributed by atoms with E-state index in [4.69, 9.17) is 42.6 Å². The molecule has 6 amide bonds. The van der Waals surface area contributed by atoms with Gasteiger partial charge in [-0.2, -0.15) is 15.3 Å². The van der Waals surface area contributed by atoms with E-state index in [0.29, 0.717) is 73.6 Å². The van der Waals surface area contributed by atoms with E-state index in [9.17, 15) is 0 Å². The number of ether oxygens (including phenoxy) is 9. The number of nitrogens with zero attached hydrogens (tertiary/aromatic N) is 3. The summed E-state index contributed by atoms with van der Waals surface area (Å²) in [5.74, 6) is -1.38. The number of hydrogen-bond donors (Lipinski definition) is 6. The summed E-state index contributed by atoms with van der Waals surface area (Å²) in [5.41, 5.74) is 10.7. The van der Waals surface area contributed by atoms with Crippen LogP contribution in [0, 0.1) is 0 Å². The fourth-order valence-electron chi connectivity index (χ4n) is 16.8. The molecule has 24 nitrogen and oxygen atoms in total. The van der Waals surface area contributed by atoms with Crippen LogP contribution in [0.5, 0.6) is 51.7 Å². The van der Waals surface area contributed by atoms with E-state index in [1.807, 2.05) is 0 Å². The second kappa shape index (κ2) is 74.3. The summed E-state index contributed by atoms with van der Waals surface area (Å²) in [6, 6.07) is 25.0. The first-order valence-corrected chi connectivity index (χ1v) is 55.3. The van der Waals surface area contributed by atoms with Crippen molar-refractivity contribution >= 4 is 71.1 Å². The van der Waals surface area contributed by atoms with Crippen LogP contribution < -0.4 is 74.9 Å². The molecule has 0 saturated heterocycles. The van der Waals surface area contributed by atoms with Gasteiger partial charge in [0, 0.05) is 18.2 Å². The zero-order valence-corrected chi connectivity index (χ0v) is 87.9. The van der Waals surface area contributed by atoms with E-state index < -0.39 is 35.4 Å². The van der Waals surface area contributed by atoms with Gasteiger partial charge in [-0.05, 0) is 147 Å². The average Bonchev–Trinajstić information content (AvgIpc) is 0.805. The zero-order chi connectivity index (χ0) is 101. The van der Waals surface area contributed by atoms with Crippen molar-refractivity contribution in [2.45, 2.75) is 409 Å². The van der Waals surface area contributed by atoms with Crippen LogP contribution in [0.4, 0.5) is 17.1 Å². The minimum Gasteiger partial charge on any atom is -0.493 e. The average molecular weight is 1950 g/mol. The molecule has 6 aromatic carbocycles. The number of carbonyl (C=O) groups is 6. The third-order valence-corrected chi connectivity index (χ3v) is 25.4. The SMILES string of the molecule is CCCCCCCCOc1cc(OCCCCCCCC)c2cc1NC(=O)c1cc(ccc1OCCCCCCCC)C=NNC(=O)c1cc(c(OCCCCCCCC)cc1OCCCCCCCC)NC(=O)c1cc(ccc1OCCCCCCCC)C=NNC(=O)c1cc(c(OCCCCCCCC)cc1OCCCCCCCC)NC(=O)c1cc(ccc1OCCCCCCCC)C=NNC2=O. The van der Waals surface area contributed by atoms with Crippen LogP contribution in [0.2, 0.25) is 0 Å². The van der Waals surface area contributed by atoms with Crippen LogP contribution in [0.15, 0.2) is 106 Å². The summed E-state index contributed by atoms with van der Waals surface area (Å²) < 4.78 is 59.6. The van der Waals surface area contributed by atoms with Gasteiger partial charge in [-0.15, -0.1) is 0 Å². The Morgan fingerprint density at radius 1 is 0.177 bits per heavy atom. The minimum absolute atomic E-state index is 0.0552. The largest absolute Gasteiger partial charge is 0.493 e. The van der Waals surface area contributed by atoms with Crippen molar-refractivity contribution < 1.29 is 71.4 Å². The van der Waals surface area contributed by atoms with Gasteiger partial charge in [0.2, 0.25) is 0 Å². The molecule has 6 aromatic rings. The van der Waals surface area contributed by atoms with Crippen molar-refractivity contribution in [2.24, 2.45) is 15.3 Å². The molecule has 141 heavy (non-hydrogen) atoms. The van der Waals surface area contributed by atoms with Crippen molar-refractivity contribution in [1.82, 2.24) is 16.3 Å². The highest BCUT2D eigenvalue weighted by molar-refractivity contribution is 6.12. The first-order valence-electron chi connectivity index (χ1n) is 55.3. The first-order chi connectivity index (χ1) is 69.2. The third-order valence-electron chi connectivity index (χ3n) is 25.4. The third kappa shape index (κ3) is 47.0. The highest BCUT2D eigenvalue weighted by atomic mass is 16.5. The van der Waals surface area contributed by atoms with Crippen LogP contribution >= 0.6 is 0 Å². The molecule has 24 heteroatoms. The molecular weight excluding hydrogens is 1770 g/mol. The van der Waals surface area contributed by atoms with Gasteiger partial charge in [-0.3, -0.25) is 28.8 Å². The van der Waals surface area contributed by atoms with Crippen molar-refractivity contribution in [3.63, 3.8) is 0 Å². The number of hydrazone groups is 3. The van der Waals surface area contributed by atoms with E-state index in [2.05, 4.69) is 110 Å². The van der Waals surface area contributed by atoms with Crippen molar-refractivity contribution in [3.05, 3.63) is 141 Å². The summed E-state index contributed by atoms with van der Waals surface area (Å²) in [6.07, 6.45) is 58.7. The smallest absolute Gasteiger partial charge is 0.275 e. The van der Waals surface area contributed by atoms with Crippen molar-refractivity contribution in [3.8, 4) is 51.7 Å². The molecule has 0 unspecified atom stereocenters. The lowest BCUT2D eigenvalue weighted by atomic mass is 10.1. The predicted octanol–water partition coefficient (Wildman–Crippen LogP) is 30.7. The molecule has 0 atom stereocenters. The molecule has 7 rings (SSSR count). The van der Waals surface area contributed by atoms with Gasteiger partial charge in [-0.1, -0.05) is 351 Å². The van der Waals surface area contributed by atoms with E-state index in [-0.39, 0.29) is 105 Å². The lowest BCUT2D eigenvalue weighted by Gasteiger charge is -2.19. The van der Waals surface area contributed by atoms with Crippen LogP contribution in [0.25, 0.3) is 0 Å². The summed E-state index contributed by atoms with van der Waals surface area (Å²) in [5, 5.41) is 23.1. The Bertz CT molecular complexity index is 4190. The Morgan fingerprint density at radius 3 is 0.532 bits per heavy atom. The fourth-order valence-corrected chi connectivity index (χ4v) is 16.8. The Balaban J connectivity index is 1.47. The van der Waals surface area contributed by atoms with Crippen molar-refractivity contribution in [2.75, 3.05) is 75.4 Å². The molecule has 0 fully saturated rings. The van der Waals surface area contributed by atoms with Gasteiger partial charge in [0.05, 0.1) is 129 Å². The standard InChI is InChI=1S/C117H177N9O15/c1-10-19-28-37-46-55-70-133-103-67-64-91-79-94(103)112(127)121-100-82-97(106(136-73-58-49-40-31-22-13-4)85-109(100)139-76-61-52-43-34-25-16-7)115(130)125-119-89-92-65-68-104(134-71-56-47-38-29-20-11-2)95(80-92)114(129)123-102-84-99(108(138-75-60-51-42-33-24-15-6)87-111(102)141-78-63-54-45-36-27-18-9)117(132)126-120-90-93-66-69-105(135-72-57-48-39-30-21-12-3)96(81-93)113(128)122-101-83-98(116(131)124-118-88-91)107(137-74-59-50-41-32-23-14-5)86-110(101)140-77-62-53-44-35-26-17-8/h64-69,79-90H,10-63,70-78H2,1-9H3,(H,121,127)(H,122,128)(H,123,129)(H,124,131)(H,125,130)(H,126,132). The zero-order valence-electron chi connectivity index (χ0n) is 87.9. The topological polar surface area (TPSA) is 295 Å². The maximum atomic E-state index is 15.6. The first kappa shape index (κ1) is 117. The Labute approximate surface area is 846 Å². The number of anilines is 3. The quantitative estimate of drug-likeness (QED) is 0.0193. The molecule has 1 aliphatic heterocycles. The number of rotatable bonds is 72. The van der Waals surface area contributed by atoms with Crippen LogP contribution in [-0.4, -0.2) is 114 Å². The Morgan fingerprint density at radius 2 is 0.340 bits per heavy atom. The molecule has 0 aromatic heterocycles. The van der Waals surface area contributed by atoms with Gasteiger partial charge < -0.3 is 58.6 Å². The minimum atomic E-state index is -0.665. The summed E-state index contributed by atoms with van der Waals surface area (Å²) in [7, 11) is 0. The second-order valence-corrected chi connectivity index (χ2v) is 37.8. The molecule has 1 heterocycles. The van der Waals surface area contributed by atoms with Crippen LogP contribution in [0.3, 0.4) is 0 Å². The van der Waals surface area contributed by atoms with Gasteiger partial charge in [-0.25, -0.2) is 16.3 Å². The molecule has 0 radical (unpaired) electrons. The van der Waals surface area contributed by atoms with E-state index >= 15 is 28.8 Å². The van der Waals surface area contributed by atoms with Gasteiger partial charge >= 0.3 is 0 Å². The molecule has 780 valence electrons. The number of nitrogens with one attached hydrogen (secondary N) is 6. The lowest BCUT2D eigenvalue weighted by Crippen LogP contribution is -2.21. The lowest BCUT2D eigenvalue weighted by molar-refractivity contribution is 0.0942. The summed E-state index contributed by atoms with van der Waals surface area (Å²) >= 11 is 0. The van der Waals surface area contributed by atoms with E-state index in [1.165, 1.54) is 18.6 Å². The Hall–Kier alpha value is -10.7. The monoisotopic (exact) mass is 1950 g/mol. The van der Waals surface area contributed by atoms with Gasteiger partial charge in [0.1, 0.15) is 51.7 Å². The number of carbonyl (C=O) groups excluding carboxylic acids is 6. The number of benzene rings is 6. The number of hydrogen-bond acceptors (Lipinski definition) is 18. The van der Waals surface area contributed by atoms with Gasteiger partial charge in [0.25, 0.3) is 35.4 Å². The van der Waals surface area contributed by atoms with Crippen molar-refractivity contribution in [1.29, 1.82) is 0 Å². The summed E-state index contributed by atoms with van der Waals surface area (Å²) in [4.78, 5) is 92.7. The molecule has 1 aliphatic rings. The second-order valence-electron chi connectivity index (χ2n) is 37.8. The highest BCUT2D eigenvalue weighted by Gasteiger charge is 2.28. The molecule has 0 aliphatic carbocycles. The predicted molar refractivity (Wildman–Crippen MR) is 578 cm³/mol. The Kier molecular flexibility index (Phi) is 61.8. The summed E-state index contributed by atoms with van der Waals surface area (Å²) in [6.45, 7) is 22.5. The maximum absolute atomic E-state index is 15.6. The maximum Gasteiger partial charge on any atom is 0.275 e. The highest BCUT2D eigenvalue weighted by Crippen LogP contribution is 2.40. The fraction of sp³-hybridized carbons (Fsp3) is 0.615.